The molecule has 0 aliphatic rings. The first-order valence-electron chi connectivity index (χ1n) is 5.01. The van der Waals surface area contributed by atoms with Crippen LogP contribution in [0.1, 0.15) is 34.6 Å². The first-order valence-corrected chi connectivity index (χ1v) is 5.01. The summed E-state index contributed by atoms with van der Waals surface area (Å²) >= 11 is 0. The van der Waals surface area contributed by atoms with E-state index in [9.17, 15) is 0 Å². The number of nitrogens with two attached hydrogens (primary N) is 1. The van der Waals surface area contributed by atoms with Crippen molar-refractivity contribution >= 4 is 0 Å². The molecule has 2 heteroatoms. The average Bonchev–Trinajstić information content (AvgIpc) is 2.24. The van der Waals surface area contributed by atoms with Crippen LogP contribution in [-0.4, -0.2) is 7.11 Å². The minimum absolute atomic E-state index is 0.648. The van der Waals surface area contributed by atoms with Gasteiger partial charge >= 0.3 is 0 Å². The monoisotopic (exact) mass is 199 g/mol. The van der Waals surface area contributed by atoms with Crippen molar-refractivity contribution in [3.05, 3.63) is 36.3 Å². The zero-order valence-electron chi connectivity index (χ0n) is 10.4. The Morgan fingerprint density at radius 3 is 1.93 bits per heavy atom. The molecule has 0 aromatic rings. The second-order valence-electron chi connectivity index (χ2n) is 1.86. The van der Waals surface area contributed by atoms with Crippen LogP contribution in [0.4, 0.5) is 0 Å². The third kappa shape index (κ3) is 17.1. The summed E-state index contributed by atoms with van der Waals surface area (Å²) in [6, 6.07) is 0. The van der Waals surface area contributed by atoms with Crippen molar-refractivity contribution in [2.24, 2.45) is 5.73 Å². The van der Waals surface area contributed by atoms with Crippen molar-refractivity contribution in [1.29, 1.82) is 0 Å². The summed E-state index contributed by atoms with van der Waals surface area (Å²) in [6.45, 7) is 13.3. The van der Waals surface area contributed by atoms with E-state index in [2.05, 4.69) is 6.58 Å². The van der Waals surface area contributed by atoms with Crippen LogP contribution in [0.15, 0.2) is 36.3 Å². The first kappa shape index (κ1) is 18.6. The Hall–Kier alpha value is -1.18. The fourth-order valence-electron chi connectivity index (χ4n) is 0.478. The molecule has 0 aliphatic heterocycles. The van der Waals surface area contributed by atoms with Gasteiger partial charge in [-0.25, -0.2) is 0 Å². The van der Waals surface area contributed by atoms with Gasteiger partial charge in [0.2, 0.25) is 0 Å². The molecule has 2 N–H and O–H groups in total. The highest BCUT2D eigenvalue weighted by Gasteiger charge is 1.84. The summed E-state index contributed by atoms with van der Waals surface area (Å²) < 4.78 is 4.87. The Morgan fingerprint density at radius 2 is 1.64 bits per heavy atom. The maximum Gasteiger partial charge on any atom is 0.0945 e. The van der Waals surface area contributed by atoms with Gasteiger partial charge in [0, 0.05) is 5.70 Å². The molecule has 14 heavy (non-hydrogen) atoms. The minimum Gasteiger partial charge on any atom is -0.501 e. The van der Waals surface area contributed by atoms with Crippen LogP contribution in [-0.2, 0) is 4.74 Å². The standard InChI is InChI=1S/C8H13NO.2C2H6/c1-4-5-8(9)6-7(2)10-3;2*1-2/h4-6H,1,9H2,2-3H3;2*1-2H3/b7-6+,8-5+;;. The molecule has 0 aromatic heterocycles. The van der Waals surface area contributed by atoms with E-state index in [1.165, 1.54) is 0 Å². The molecule has 0 aliphatic carbocycles. The van der Waals surface area contributed by atoms with Crippen molar-refractivity contribution in [1.82, 2.24) is 0 Å². The van der Waals surface area contributed by atoms with Gasteiger partial charge < -0.3 is 10.5 Å². The van der Waals surface area contributed by atoms with Crippen LogP contribution in [0, 0.1) is 0 Å². The van der Waals surface area contributed by atoms with Crippen LogP contribution >= 0.6 is 0 Å². The maximum absolute atomic E-state index is 5.49. The van der Waals surface area contributed by atoms with E-state index in [0.717, 1.165) is 5.76 Å². The lowest BCUT2D eigenvalue weighted by atomic mass is 10.3. The van der Waals surface area contributed by atoms with E-state index in [1.807, 2.05) is 34.6 Å². The number of methoxy groups -OCH3 is 1. The van der Waals surface area contributed by atoms with Crippen molar-refractivity contribution in [3.8, 4) is 0 Å². The number of allylic oxidation sites excluding steroid dienone is 4. The fourth-order valence-corrected chi connectivity index (χ4v) is 0.478. The molecule has 84 valence electrons. The lowest BCUT2D eigenvalue weighted by Crippen LogP contribution is -1.93. The Labute approximate surface area is 89.1 Å². The van der Waals surface area contributed by atoms with Gasteiger partial charge in [-0.05, 0) is 19.1 Å². The number of rotatable bonds is 3. The molecule has 0 fully saturated rings. The molecular weight excluding hydrogens is 174 g/mol. The summed E-state index contributed by atoms with van der Waals surface area (Å²) in [6.07, 6.45) is 5.08. The van der Waals surface area contributed by atoms with E-state index in [1.54, 1.807) is 25.3 Å². The van der Waals surface area contributed by atoms with Gasteiger partial charge in [-0.3, -0.25) is 0 Å². The number of hydrogen-bond acceptors (Lipinski definition) is 2. The summed E-state index contributed by atoms with van der Waals surface area (Å²) in [7, 11) is 1.60. The highest BCUT2D eigenvalue weighted by atomic mass is 16.5. The number of hydrogen-bond donors (Lipinski definition) is 1. The average molecular weight is 199 g/mol. The molecule has 0 radical (unpaired) electrons. The van der Waals surface area contributed by atoms with Crippen LogP contribution in [0.2, 0.25) is 0 Å². The van der Waals surface area contributed by atoms with E-state index >= 15 is 0 Å². The van der Waals surface area contributed by atoms with Crippen molar-refractivity contribution < 1.29 is 4.74 Å². The molecule has 0 atom stereocenters. The SMILES string of the molecule is C=C/C=C(N)\C=C(/C)OC.CC.CC. The first-order chi connectivity index (χ1) is 6.70. The van der Waals surface area contributed by atoms with E-state index in [-0.39, 0.29) is 0 Å². The van der Waals surface area contributed by atoms with Gasteiger partial charge in [0.1, 0.15) is 0 Å². The van der Waals surface area contributed by atoms with E-state index < -0.39 is 0 Å². The molecule has 0 bridgehead atoms. The van der Waals surface area contributed by atoms with Crippen LogP contribution in [0.3, 0.4) is 0 Å². The fraction of sp³-hybridized carbons (Fsp3) is 0.500. The second kappa shape index (κ2) is 17.8. The van der Waals surface area contributed by atoms with Gasteiger partial charge in [-0.2, -0.15) is 0 Å². The predicted molar refractivity (Wildman–Crippen MR) is 65.9 cm³/mol. The Morgan fingerprint density at radius 1 is 1.21 bits per heavy atom. The highest BCUT2D eigenvalue weighted by Crippen LogP contribution is 1.96. The summed E-state index contributed by atoms with van der Waals surface area (Å²) in [5.41, 5.74) is 6.14. The minimum atomic E-state index is 0.648. The molecule has 0 amide bonds. The normalized spacial score (nSPS) is 10.1. The van der Waals surface area contributed by atoms with Gasteiger partial charge in [-0.15, -0.1) is 0 Å². The largest absolute Gasteiger partial charge is 0.501 e. The Balaban J connectivity index is -0.000000266. The molecule has 0 spiro atoms. The van der Waals surface area contributed by atoms with Crippen LogP contribution in [0.5, 0.6) is 0 Å². The van der Waals surface area contributed by atoms with Crippen molar-refractivity contribution in [2.75, 3.05) is 7.11 Å². The van der Waals surface area contributed by atoms with Crippen LogP contribution < -0.4 is 5.73 Å². The van der Waals surface area contributed by atoms with E-state index in [4.69, 9.17) is 10.5 Å². The Bertz CT molecular complexity index is 169. The van der Waals surface area contributed by atoms with Crippen molar-refractivity contribution in [3.63, 3.8) is 0 Å². The number of ether oxygens (including phenoxy) is 1. The third-order valence-corrected chi connectivity index (χ3v) is 1.00. The third-order valence-electron chi connectivity index (χ3n) is 1.00. The maximum atomic E-state index is 5.49. The molecule has 0 unspecified atom stereocenters. The molecule has 0 saturated heterocycles. The van der Waals surface area contributed by atoms with E-state index in [0.29, 0.717) is 5.70 Å². The molecule has 0 heterocycles. The smallest absolute Gasteiger partial charge is 0.0945 e. The molecule has 0 aromatic carbocycles. The molecule has 0 saturated carbocycles. The molecular formula is C12H25NO. The topological polar surface area (TPSA) is 35.2 Å². The lowest BCUT2D eigenvalue weighted by molar-refractivity contribution is 0.293. The predicted octanol–water partition coefficient (Wildman–Crippen LogP) is 3.62. The summed E-state index contributed by atoms with van der Waals surface area (Å²) in [5.74, 6) is 0.788. The molecule has 0 rings (SSSR count). The summed E-state index contributed by atoms with van der Waals surface area (Å²) in [5, 5.41) is 0. The quantitative estimate of drug-likeness (QED) is 0.556. The van der Waals surface area contributed by atoms with Gasteiger partial charge in [0.25, 0.3) is 0 Å². The Kier molecular flexibility index (Phi) is 23.6. The van der Waals surface area contributed by atoms with Crippen LogP contribution in [0.25, 0.3) is 0 Å². The zero-order chi connectivity index (χ0) is 12.0. The van der Waals surface area contributed by atoms with Crippen molar-refractivity contribution in [2.45, 2.75) is 34.6 Å². The van der Waals surface area contributed by atoms with Gasteiger partial charge in [0.05, 0.1) is 12.9 Å². The van der Waals surface area contributed by atoms with Gasteiger partial charge in [0.15, 0.2) is 0 Å². The van der Waals surface area contributed by atoms with Gasteiger partial charge in [-0.1, -0.05) is 40.3 Å². The molecule has 2 nitrogen and oxygen atoms in total. The summed E-state index contributed by atoms with van der Waals surface area (Å²) in [4.78, 5) is 0. The highest BCUT2D eigenvalue weighted by molar-refractivity contribution is 5.20. The zero-order valence-corrected chi connectivity index (χ0v) is 10.4. The second-order valence-corrected chi connectivity index (χ2v) is 1.86. The lowest BCUT2D eigenvalue weighted by Gasteiger charge is -1.97.